The van der Waals surface area contributed by atoms with Crippen LogP contribution in [0.2, 0.25) is 0 Å². The van der Waals surface area contributed by atoms with Crippen LogP contribution in [0.15, 0.2) is 16.7 Å². The number of carbonyl (C=O) groups is 1. The molecule has 0 bridgehead atoms. The smallest absolute Gasteiger partial charge is 0.242 e. The van der Waals surface area contributed by atoms with Gasteiger partial charge in [-0.25, -0.2) is 4.98 Å². The largest absolute Gasteiger partial charge is 0.319 e. The molecule has 0 aliphatic heterocycles. The lowest BCUT2D eigenvalue weighted by molar-refractivity contribution is -0.119. The van der Waals surface area contributed by atoms with E-state index in [1.807, 2.05) is 33.8 Å². The van der Waals surface area contributed by atoms with Crippen LogP contribution in [0.25, 0.3) is 0 Å². The van der Waals surface area contributed by atoms with Crippen LogP contribution >= 0.6 is 15.9 Å². The van der Waals surface area contributed by atoms with E-state index in [-0.39, 0.29) is 11.3 Å². The SMILES string of the molecule is Cc1cc(Br)cnc1NC(=O)C(N)C(C)(C)C. The first kappa shape index (κ1) is 14.1. The molecule has 1 heterocycles. The van der Waals surface area contributed by atoms with Gasteiger partial charge in [0, 0.05) is 10.7 Å². The summed E-state index contributed by atoms with van der Waals surface area (Å²) in [6, 6.07) is 1.33. The lowest BCUT2D eigenvalue weighted by Gasteiger charge is -2.25. The average Bonchev–Trinajstić information content (AvgIpc) is 2.19. The second-order valence-corrected chi connectivity index (χ2v) is 6.07. The first-order valence-corrected chi connectivity index (χ1v) is 6.19. The summed E-state index contributed by atoms with van der Waals surface area (Å²) in [4.78, 5) is 16.1. The van der Waals surface area contributed by atoms with Gasteiger partial charge in [-0.2, -0.15) is 0 Å². The van der Waals surface area contributed by atoms with Gasteiger partial charge >= 0.3 is 0 Å². The Morgan fingerprint density at radius 2 is 2.12 bits per heavy atom. The number of aryl methyl sites for hydroxylation is 1. The van der Waals surface area contributed by atoms with E-state index < -0.39 is 6.04 Å². The molecule has 1 rings (SSSR count). The Bertz CT molecular complexity index is 426. The van der Waals surface area contributed by atoms with Crippen molar-refractivity contribution in [2.75, 3.05) is 5.32 Å². The number of anilines is 1. The van der Waals surface area contributed by atoms with Crippen LogP contribution in [0.3, 0.4) is 0 Å². The number of pyridine rings is 1. The zero-order valence-electron chi connectivity index (χ0n) is 10.5. The van der Waals surface area contributed by atoms with E-state index >= 15 is 0 Å². The summed E-state index contributed by atoms with van der Waals surface area (Å²) in [7, 11) is 0. The molecule has 0 saturated carbocycles. The summed E-state index contributed by atoms with van der Waals surface area (Å²) in [5, 5.41) is 2.75. The number of aromatic nitrogens is 1. The third-order valence-corrected chi connectivity index (χ3v) is 2.94. The van der Waals surface area contributed by atoms with Crippen LogP contribution in [-0.4, -0.2) is 16.9 Å². The van der Waals surface area contributed by atoms with Gasteiger partial charge in [-0.1, -0.05) is 20.8 Å². The van der Waals surface area contributed by atoms with Crippen molar-refractivity contribution in [2.24, 2.45) is 11.1 Å². The van der Waals surface area contributed by atoms with Crippen molar-refractivity contribution < 1.29 is 4.79 Å². The molecule has 1 aromatic heterocycles. The second kappa shape index (κ2) is 5.14. The van der Waals surface area contributed by atoms with E-state index in [1.54, 1.807) is 6.20 Å². The fourth-order valence-electron chi connectivity index (χ4n) is 1.26. The fourth-order valence-corrected chi connectivity index (χ4v) is 1.70. The fraction of sp³-hybridized carbons (Fsp3) is 0.500. The summed E-state index contributed by atoms with van der Waals surface area (Å²) in [5.74, 6) is 0.341. The molecule has 5 heteroatoms. The number of nitrogens with zero attached hydrogens (tertiary/aromatic N) is 1. The van der Waals surface area contributed by atoms with Crippen molar-refractivity contribution in [1.29, 1.82) is 0 Å². The molecule has 0 fully saturated rings. The Labute approximate surface area is 110 Å². The zero-order chi connectivity index (χ0) is 13.2. The Balaban J connectivity index is 2.82. The molecule has 0 radical (unpaired) electrons. The van der Waals surface area contributed by atoms with Crippen LogP contribution in [-0.2, 0) is 4.79 Å². The van der Waals surface area contributed by atoms with Crippen LogP contribution in [0.1, 0.15) is 26.3 Å². The number of nitrogens with two attached hydrogens (primary N) is 1. The van der Waals surface area contributed by atoms with Crippen LogP contribution in [0.4, 0.5) is 5.82 Å². The average molecular weight is 300 g/mol. The molecule has 17 heavy (non-hydrogen) atoms. The standard InChI is InChI=1S/C12H18BrN3O/c1-7-5-8(13)6-15-10(7)16-11(17)9(14)12(2,3)4/h5-6,9H,14H2,1-4H3,(H,15,16,17). The predicted molar refractivity (Wildman–Crippen MR) is 72.7 cm³/mol. The third kappa shape index (κ3) is 3.78. The number of amides is 1. The Kier molecular flexibility index (Phi) is 4.27. The van der Waals surface area contributed by atoms with Crippen molar-refractivity contribution in [3.8, 4) is 0 Å². The summed E-state index contributed by atoms with van der Waals surface area (Å²) in [6.07, 6.45) is 1.64. The minimum Gasteiger partial charge on any atom is -0.319 e. The highest BCUT2D eigenvalue weighted by atomic mass is 79.9. The highest BCUT2D eigenvalue weighted by molar-refractivity contribution is 9.10. The van der Waals surface area contributed by atoms with Crippen molar-refractivity contribution in [3.63, 3.8) is 0 Å². The Morgan fingerprint density at radius 3 is 2.59 bits per heavy atom. The summed E-state index contributed by atoms with van der Waals surface area (Å²) in [6.45, 7) is 7.67. The number of nitrogens with one attached hydrogen (secondary N) is 1. The van der Waals surface area contributed by atoms with Gasteiger partial charge in [-0.3, -0.25) is 4.79 Å². The Morgan fingerprint density at radius 1 is 1.53 bits per heavy atom. The van der Waals surface area contributed by atoms with Crippen molar-refractivity contribution in [3.05, 3.63) is 22.3 Å². The molecule has 1 atom stereocenters. The van der Waals surface area contributed by atoms with E-state index in [0.717, 1.165) is 10.0 Å². The van der Waals surface area contributed by atoms with E-state index in [1.165, 1.54) is 0 Å². The number of carbonyl (C=O) groups excluding carboxylic acids is 1. The minimum atomic E-state index is -0.563. The maximum absolute atomic E-state index is 11.9. The first-order chi connectivity index (χ1) is 7.71. The summed E-state index contributed by atoms with van der Waals surface area (Å²) in [5.41, 5.74) is 6.50. The van der Waals surface area contributed by atoms with Gasteiger partial charge in [0.15, 0.2) is 0 Å². The molecule has 1 unspecified atom stereocenters. The number of hydrogen-bond donors (Lipinski definition) is 2. The van der Waals surface area contributed by atoms with Crippen molar-refractivity contribution in [1.82, 2.24) is 4.98 Å². The van der Waals surface area contributed by atoms with Gasteiger partial charge < -0.3 is 11.1 Å². The van der Waals surface area contributed by atoms with Gasteiger partial charge in [-0.15, -0.1) is 0 Å². The monoisotopic (exact) mass is 299 g/mol. The molecular formula is C12H18BrN3O. The number of halogens is 1. The first-order valence-electron chi connectivity index (χ1n) is 5.40. The quantitative estimate of drug-likeness (QED) is 0.881. The van der Waals surface area contributed by atoms with Gasteiger partial charge in [0.25, 0.3) is 0 Å². The van der Waals surface area contributed by atoms with Crippen LogP contribution in [0, 0.1) is 12.3 Å². The maximum Gasteiger partial charge on any atom is 0.242 e. The van der Waals surface area contributed by atoms with E-state index in [0.29, 0.717) is 5.82 Å². The molecule has 94 valence electrons. The molecule has 0 spiro atoms. The molecule has 3 N–H and O–H groups in total. The zero-order valence-corrected chi connectivity index (χ0v) is 12.1. The Hall–Kier alpha value is -0.940. The van der Waals surface area contributed by atoms with Crippen molar-refractivity contribution >= 4 is 27.7 Å². The molecular weight excluding hydrogens is 282 g/mol. The van der Waals surface area contributed by atoms with Crippen LogP contribution in [0.5, 0.6) is 0 Å². The van der Waals surface area contributed by atoms with E-state index in [4.69, 9.17) is 5.73 Å². The summed E-state index contributed by atoms with van der Waals surface area (Å²) >= 11 is 3.32. The highest BCUT2D eigenvalue weighted by Crippen LogP contribution is 2.20. The number of rotatable bonds is 2. The van der Waals surface area contributed by atoms with E-state index in [9.17, 15) is 4.79 Å². The maximum atomic E-state index is 11.9. The van der Waals surface area contributed by atoms with Crippen molar-refractivity contribution in [2.45, 2.75) is 33.7 Å². The lowest BCUT2D eigenvalue weighted by atomic mass is 9.87. The molecule has 1 aromatic rings. The van der Waals surface area contributed by atoms with Gasteiger partial charge in [-0.05, 0) is 39.9 Å². The van der Waals surface area contributed by atoms with Gasteiger partial charge in [0.1, 0.15) is 5.82 Å². The normalized spacial score (nSPS) is 13.3. The second-order valence-electron chi connectivity index (χ2n) is 5.15. The summed E-state index contributed by atoms with van der Waals surface area (Å²) < 4.78 is 0.883. The molecule has 0 aliphatic rings. The van der Waals surface area contributed by atoms with Gasteiger partial charge in [0.05, 0.1) is 6.04 Å². The molecule has 1 amide bonds. The lowest BCUT2D eigenvalue weighted by Crippen LogP contribution is -2.45. The number of hydrogen-bond acceptors (Lipinski definition) is 3. The minimum absolute atomic E-state index is 0.213. The highest BCUT2D eigenvalue weighted by Gasteiger charge is 2.27. The van der Waals surface area contributed by atoms with E-state index in [2.05, 4.69) is 26.2 Å². The molecule has 0 aromatic carbocycles. The molecule has 0 saturated heterocycles. The topological polar surface area (TPSA) is 68.0 Å². The molecule has 4 nitrogen and oxygen atoms in total. The van der Waals surface area contributed by atoms with Gasteiger partial charge in [0.2, 0.25) is 5.91 Å². The molecule has 0 aliphatic carbocycles. The predicted octanol–water partition coefficient (Wildman–Crippen LogP) is 2.46. The third-order valence-electron chi connectivity index (χ3n) is 2.50. The van der Waals surface area contributed by atoms with Crippen LogP contribution < -0.4 is 11.1 Å².